The summed E-state index contributed by atoms with van der Waals surface area (Å²) < 4.78 is 78.6. The van der Waals surface area contributed by atoms with Gasteiger partial charge in [0.1, 0.15) is 5.92 Å². The Morgan fingerprint density at radius 1 is 0.694 bits per heavy atom. The smallest absolute Gasteiger partial charge is 0.324 e. The summed E-state index contributed by atoms with van der Waals surface area (Å²) in [6, 6.07) is 12.7. The molecule has 0 saturated carbocycles. The molecular formula is C24H16Cl2F6N2O2. The molecule has 0 unspecified atom stereocenters. The first kappa shape index (κ1) is 27.3. The van der Waals surface area contributed by atoms with Gasteiger partial charge in [0.15, 0.2) is 0 Å². The molecule has 0 bridgehead atoms. The quantitative estimate of drug-likeness (QED) is 0.248. The fraction of sp³-hybridized carbons (Fsp3) is 0.167. The average molecular weight is 549 g/mol. The van der Waals surface area contributed by atoms with Crippen molar-refractivity contribution in [3.05, 3.63) is 93.5 Å². The summed E-state index contributed by atoms with van der Waals surface area (Å²) in [7, 11) is 0. The molecule has 0 aliphatic heterocycles. The van der Waals surface area contributed by atoms with E-state index in [2.05, 4.69) is 10.6 Å². The average Bonchev–Trinajstić information content (AvgIpc) is 2.79. The molecule has 0 atom stereocenters. The molecule has 12 heteroatoms. The number of nitrogens with one attached hydrogen (secondary N) is 2. The molecular weight excluding hydrogens is 533 g/mol. The number of halogens is 8. The molecule has 0 radical (unpaired) electrons. The summed E-state index contributed by atoms with van der Waals surface area (Å²) in [6.07, 6.45) is -9.65. The fourth-order valence-electron chi connectivity index (χ4n) is 3.19. The van der Waals surface area contributed by atoms with Crippen LogP contribution in [0.25, 0.3) is 0 Å². The van der Waals surface area contributed by atoms with Gasteiger partial charge < -0.3 is 10.6 Å². The minimum Gasteiger partial charge on any atom is -0.324 e. The van der Waals surface area contributed by atoms with Crippen molar-refractivity contribution in [2.45, 2.75) is 18.8 Å². The topological polar surface area (TPSA) is 58.2 Å². The van der Waals surface area contributed by atoms with Crippen LogP contribution in [-0.4, -0.2) is 11.8 Å². The van der Waals surface area contributed by atoms with Crippen LogP contribution in [-0.2, 0) is 28.4 Å². The first-order valence-electron chi connectivity index (χ1n) is 10.1. The Hall–Kier alpha value is -3.24. The van der Waals surface area contributed by atoms with Crippen molar-refractivity contribution < 1.29 is 35.9 Å². The van der Waals surface area contributed by atoms with Crippen LogP contribution in [0.1, 0.15) is 16.7 Å². The summed E-state index contributed by atoms with van der Waals surface area (Å²) in [6.45, 7) is 0. The second kappa shape index (κ2) is 10.8. The third-order valence-electron chi connectivity index (χ3n) is 5.02. The van der Waals surface area contributed by atoms with Gasteiger partial charge in [0.2, 0.25) is 11.8 Å². The van der Waals surface area contributed by atoms with Crippen molar-refractivity contribution in [1.82, 2.24) is 0 Å². The maximum atomic E-state index is 13.1. The number of amides is 2. The number of carbonyl (C=O) groups excluding carboxylic acids is 2. The third-order valence-corrected chi connectivity index (χ3v) is 5.68. The SMILES string of the molecule is O=C(Nc1cc(C(F)(F)F)ccc1Cl)C(Cc1ccccc1)C(=O)Nc1cc(C(F)(F)F)ccc1Cl. The zero-order valence-electron chi connectivity index (χ0n) is 18.0. The standard InChI is InChI=1S/C24H16Cl2F6N2O2/c25-17-8-6-14(23(27,28)29)11-19(17)33-21(35)16(10-13-4-2-1-3-5-13)22(36)34-20-12-15(24(30,31)32)7-9-18(20)26/h1-9,11-12,16H,10H2,(H,33,35)(H,34,36). The minimum atomic E-state index is -4.72. The second-order valence-corrected chi connectivity index (χ2v) is 8.42. The molecule has 3 aromatic rings. The van der Waals surface area contributed by atoms with Crippen molar-refractivity contribution in [2.75, 3.05) is 10.6 Å². The summed E-state index contributed by atoms with van der Waals surface area (Å²) in [5.74, 6) is -3.62. The zero-order valence-corrected chi connectivity index (χ0v) is 19.5. The van der Waals surface area contributed by atoms with E-state index in [1.54, 1.807) is 30.3 Å². The highest BCUT2D eigenvalue weighted by molar-refractivity contribution is 6.34. The van der Waals surface area contributed by atoms with Gasteiger partial charge in [-0.3, -0.25) is 9.59 Å². The first-order chi connectivity index (χ1) is 16.8. The predicted octanol–water partition coefficient (Wildman–Crippen LogP) is 7.47. The van der Waals surface area contributed by atoms with Crippen LogP contribution < -0.4 is 10.6 Å². The van der Waals surface area contributed by atoms with Crippen molar-refractivity contribution in [3.63, 3.8) is 0 Å². The molecule has 36 heavy (non-hydrogen) atoms. The molecule has 0 aliphatic rings. The number of hydrogen-bond acceptors (Lipinski definition) is 2. The van der Waals surface area contributed by atoms with Crippen LogP contribution in [0.5, 0.6) is 0 Å². The van der Waals surface area contributed by atoms with Gasteiger partial charge in [-0.1, -0.05) is 53.5 Å². The van der Waals surface area contributed by atoms with Gasteiger partial charge in [0.25, 0.3) is 0 Å². The maximum absolute atomic E-state index is 13.1. The van der Waals surface area contributed by atoms with E-state index >= 15 is 0 Å². The maximum Gasteiger partial charge on any atom is 0.416 e. The molecule has 0 aromatic heterocycles. The molecule has 190 valence electrons. The van der Waals surface area contributed by atoms with E-state index < -0.39 is 41.2 Å². The lowest BCUT2D eigenvalue weighted by molar-refractivity contribution is -0.138. The number of rotatable bonds is 6. The molecule has 0 spiro atoms. The molecule has 2 amide bonds. The first-order valence-corrected chi connectivity index (χ1v) is 10.9. The second-order valence-electron chi connectivity index (χ2n) is 7.61. The Morgan fingerprint density at radius 3 is 1.50 bits per heavy atom. The summed E-state index contributed by atoms with van der Waals surface area (Å²) >= 11 is 11.9. The van der Waals surface area contributed by atoms with E-state index in [1.165, 1.54) is 0 Å². The Labute approximate surface area is 211 Å². The summed E-state index contributed by atoms with van der Waals surface area (Å²) in [4.78, 5) is 26.1. The molecule has 0 aliphatic carbocycles. The summed E-state index contributed by atoms with van der Waals surface area (Å²) in [5.41, 5.74) is -2.43. The van der Waals surface area contributed by atoms with Crippen LogP contribution >= 0.6 is 23.2 Å². The van der Waals surface area contributed by atoms with Gasteiger partial charge in [-0.2, -0.15) is 26.3 Å². The molecule has 2 N–H and O–H groups in total. The molecule has 0 saturated heterocycles. The highest BCUT2D eigenvalue weighted by Gasteiger charge is 2.34. The largest absolute Gasteiger partial charge is 0.416 e. The van der Waals surface area contributed by atoms with E-state index in [0.717, 1.165) is 24.3 Å². The van der Waals surface area contributed by atoms with E-state index in [9.17, 15) is 35.9 Å². The fourth-order valence-corrected chi connectivity index (χ4v) is 3.52. The lowest BCUT2D eigenvalue weighted by Crippen LogP contribution is -2.35. The molecule has 0 fully saturated rings. The van der Waals surface area contributed by atoms with E-state index in [1.807, 2.05) is 0 Å². The van der Waals surface area contributed by atoms with Gasteiger partial charge in [0.05, 0.1) is 32.5 Å². The molecule has 3 aromatic carbocycles. The van der Waals surface area contributed by atoms with Crippen LogP contribution in [0.3, 0.4) is 0 Å². The number of benzene rings is 3. The highest BCUT2D eigenvalue weighted by atomic mass is 35.5. The van der Waals surface area contributed by atoms with E-state index in [4.69, 9.17) is 23.2 Å². The number of alkyl halides is 6. The van der Waals surface area contributed by atoms with Crippen LogP contribution in [0.15, 0.2) is 66.7 Å². The normalized spacial score (nSPS) is 11.9. The van der Waals surface area contributed by atoms with Gasteiger partial charge in [-0.25, -0.2) is 0 Å². The van der Waals surface area contributed by atoms with Gasteiger partial charge in [0, 0.05) is 0 Å². The predicted molar refractivity (Wildman–Crippen MR) is 124 cm³/mol. The highest BCUT2D eigenvalue weighted by Crippen LogP contribution is 2.35. The lowest BCUT2D eigenvalue weighted by Gasteiger charge is -2.19. The molecule has 3 rings (SSSR count). The van der Waals surface area contributed by atoms with Crippen molar-refractivity contribution in [2.24, 2.45) is 5.92 Å². The Morgan fingerprint density at radius 2 is 1.11 bits per heavy atom. The molecule has 4 nitrogen and oxygen atoms in total. The van der Waals surface area contributed by atoms with Crippen molar-refractivity contribution >= 4 is 46.4 Å². The minimum absolute atomic E-state index is 0.212. The number of anilines is 2. The van der Waals surface area contributed by atoms with Gasteiger partial charge in [-0.15, -0.1) is 0 Å². The number of carbonyl (C=O) groups is 2. The van der Waals surface area contributed by atoms with Crippen molar-refractivity contribution in [3.8, 4) is 0 Å². The van der Waals surface area contributed by atoms with Gasteiger partial charge in [-0.05, 0) is 48.4 Å². The van der Waals surface area contributed by atoms with Crippen LogP contribution in [0.4, 0.5) is 37.7 Å². The Kier molecular flexibility index (Phi) is 8.20. The third kappa shape index (κ3) is 6.92. The van der Waals surface area contributed by atoms with Crippen LogP contribution in [0.2, 0.25) is 10.0 Å². The molecule has 0 heterocycles. The van der Waals surface area contributed by atoms with E-state index in [-0.39, 0.29) is 27.8 Å². The Balaban J connectivity index is 1.92. The van der Waals surface area contributed by atoms with E-state index in [0.29, 0.717) is 17.7 Å². The van der Waals surface area contributed by atoms with Crippen LogP contribution in [0, 0.1) is 5.92 Å². The monoisotopic (exact) mass is 548 g/mol. The Bertz CT molecular complexity index is 1190. The van der Waals surface area contributed by atoms with Gasteiger partial charge >= 0.3 is 12.4 Å². The van der Waals surface area contributed by atoms with Crippen molar-refractivity contribution in [1.29, 1.82) is 0 Å². The lowest BCUT2D eigenvalue weighted by atomic mass is 9.97. The summed E-state index contributed by atoms with van der Waals surface area (Å²) in [5, 5.41) is 4.01. The zero-order chi connectivity index (χ0) is 26.7. The number of hydrogen-bond donors (Lipinski definition) is 2.